The van der Waals surface area contributed by atoms with Crippen molar-refractivity contribution in [2.24, 2.45) is 0 Å². The third-order valence-electron chi connectivity index (χ3n) is 5.45. The summed E-state index contributed by atoms with van der Waals surface area (Å²) >= 11 is 0. The first-order valence-corrected chi connectivity index (χ1v) is 13.3. The molecular weight excluding hydrogens is 430 g/mol. The van der Waals surface area contributed by atoms with Gasteiger partial charge in [-0.1, -0.05) is 121 Å². The molecular formula is C27H24N2OP2. The quantitative estimate of drug-likeness (QED) is 0.383. The lowest BCUT2D eigenvalue weighted by molar-refractivity contribution is 0.226. The molecule has 0 radical (unpaired) electrons. The van der Waals surface area contributed by atoms with E-state index >= 15 is 0 Å². The fraction of sp³-hybridized carbons (Fsp3) is 0.0741. The highest BCUT2D eigenvalue weighted by molar-refractivity contribution is 7.73. The van der Waals surface area contributed by atoms with Gasteiger partial charge in [0.05, 0.1) is 16.1 Å². The Labute approximate surface area is 191 Å². The van der Waals surface area contributed by atoms with Crippen LogP contribution in [-0.4, -0.2) is 28.5 Å². The number of benzene rings is 4. The monoisotopic (exact) mass is 454 g/mol. The molecule has 0 atom stereocenters. The topological polar surface area (TPSA) is 23.6 Å². The Morgan fingerprint density at radius 1 is 0.438 bits per heavy atom. The number of hydrogen-bond acceptors (Lipinski definition) is 1. The maximum absolute atomic E-state index is 14.0. The number of nitrogens with zero attached hydrogens (tertiary/aromatic N) is 2. The van der Waals surface area contributed by atoms with E-state index in [9.17, 15) is 4.79 Å². The standard InChI is InChI=1S/C27H24N2OP2/c30-27-28(31(23-13-5-1-6-14-23)24-15-7-2-8-16-24)21-22-29(27)32(25-17-9-3-10-18-25)26-19-11-4-12-20-26/h1-20H,21-22H2. The SMILES string of the molecule is O=C1N(P(c2ccccc2)c2ccccc2)CCN1P(c1ccccc1)c1ccccc1. The van der Waals surface area contributed by atoms with Crippen molar-refractivity contribution in [3.8, 4) is 0 Å². The van der Waals surface area contributed by atoms with Gasteiger partial charge in [0.25, 0.3) is 0 Å². The van der Waals surface area contributed by atoms with E-state index in [4.69, 9.17) is 0 Å². The fourth-order valence-corrected chi connectivity index (χ4v) is 8.75. The summed E-state index contributed by atoms with van der Waals surface area (Å²) < 4.78 is 4.20. The molecule has 5 heteroatoms. The van der Waals surface area contributed by atoms with Gasteiger partial charge in [-0.05, 0) is 0 Å². The van der Waals surface area contributed by atoms with Gasteiger partial charge >= 0.3 is 6.03 Å². The lowest BCUT2D eigenvalue weighted by Crippen LogP contribution is -2.35. The van der Waals surface area contributed by atoms with Crippen molar-refractivity contribution in [2.75, 3.05) is 13.1 Å². The number of urea groups is 1. The van der Waals surface area contributed by atoms with E-state index in [2.05, 4.69) is 106 Å². The number of amides is 2. The zero-order valence-corrected chi connectivity index (χ0v) is 19.4. The number of rotatable bonds is 6. The molecule has 1 heterocycles. The van der Waals surface area contributed by atoms with E-state index in [1.807, 2.05) is 24.3 Å². The van der Waals surface area contributed by atoms with Gasteiger partial charge in [0.1, 0.15) is 0 Å². The molecule has 158 valence electrons. The molecule has 0 N–H and O–H groups in total. The molecule has 1 saturated heterocycles. The van der Waals surface area contributed by atoms with E-state index in [1.165, 1.54) is 21.2 Å². The van der Waals surface area contributed by atoms with Crippen LogP contribution in [0, 0.1) is 0 Å². The van der Waals surface area contributed by atoms with Crippen LogP contribution in [0.1, 0.15) is 0 Å². The maximum atomic E-state index is 14.0. The van der Waals surface area contributed by atoms with Crippen LogP contribution < -0.4 is 21.2 Å². The van der Waals surface area contributed by atoms with Crippen molar-refractivity contribution >= 4 is 43.4 Å². The summed E-state index contributed by atoms with van der Waals surface area (Å²) in [6, 6.07) is 41.9. The van der Waals surface area contributed by atoms with Gasteiger partial charge in [-0.15, -0.1) is 0 Å². The second-order valence-electron chi connectivity index (χ2n) is 7.49. The molecule has 0 bridgehead atoms. The molecule has 3 nitrogen and oxygen atoms in total. The first kappa shape index (κ1) is 20.9. The Morgan fingerprint density at radius 2 is 0.688 bits per heavy atom. The van der Waals surface area contributed by atoms with Crippen LogP contribution in [-0.2, 0) is 0 Å². The average molecular weight is 454 g/mol. The van der Waals surface area contributed by atoms with Crippen LogP contribution in [0.15, 0.2) is 121 Å². The normalized spacial score (nSPS) is 13.9. The Hall–Kier alpha value is -2.99. The molecule has 0 saturated carbocycles. The first-order chi connectivity index (χ1) is 15.8. The van der Waals surface area contributed by atoms with E-state index in [0.29, 0.717) is 0 Å². The smallest absolute Gasteiger partial charge is 0.294 e. The predicted molar refractivity (Wildman–Crippen MR) is 137 cm³/mol. The first-order valence-electron chi connectivity index (χ1n) is 10.7. The molecule has 5 rings (SSSR count). The van der Waals surface area contributed by atoms with Crippen molar-refractivity contribution in [1.82, 2.24) is 9.34 Å². The third kappa shape index (κ3) is 4.19. The van der Waals surface area contributed by atoms with Crippen LogP contribution in [0.3, 0.4) is 0 Å². The average Bonchev–Trinajstić information content (AvgIpc) is 3.23. The van der Waals surface area contributed by atoms with Crippen LogP contribution >= 0.6 is 16.1 Å². The van der Waals surface area contributed by atoms with E-state index < -0.39 is 16.1 Å². The summed E-state index contributed by atoms with van der Waals surface area (Å²) in [5.74, 6) is 0. The van der Waals surface area contributed by atoms with Gasteiger partial charge in [-0.2, -0.15) is 0 Å². The minimum Gasteiger partial charge on any atom is -0.294 e. The molecule has 0 aliphatic carbocycles. The largest absolute Gasteiger partial charge is 0.327 e. The van der Waals surface area contributed by atoms with E-state index in [0.717, 1.165) is 13.1 Å². The highest BCUT2D eigenvalue weighted by Gasteiger charge is 2.39. The molecule has 1 aliphatic rings. The van der Waals surface area contributed by atoms with E-state index in [-0.39, 0.29) is 6.03 Å². The molecule has 1 aliphatic heterocycles. The maximum Gasteiger partial charge on any atom is 0.327 e. The molecule has 0 unspecified atom stereocenters. The van der Waals surface area contributed by atoms with Crippen molar-refractivity contribution in [1.29, 1.82) is 0 Å². The van der Waals surface area contributed by atoms with E-state index in [1.54, 1.807) is 0 Å². The summed E-state index contributed by atoms with van der Waals surface area (Å²) in [6.45, 7) is 1.46. The summed E-state index contributed by atoms with van der Waals surface area (Å²) in [7, 11) is -1.86. The zero-order valence-electron chi connectivity index (χ0n) is 17.7. The summed E-state index contributed by atoms with van der Waals surface area (Å²) in [6.07, 6.45) is 0. The molecule has 0 aromatic heterocycles. The predicted octanol–water partition coefficient (Wildman–Crippen LogP) is 4.82. The van der Waals surface area contributed by atoms with Crippen LogP contribution in [0.4, 0.5) is 4.79 Å². The van der Waals surface area contributed by atoms with Crippen LogP contribution in [0.25, 0.3) is 0 Å². The highest BCUT2D eigenvalue weighted by atomic mass is 31.1. The molecule has 4 aromatic carbocycles. The van der Waals surface area contributed by atoms with Gasteiger partial charge in [0.2, 0.25) is 0 Å². The minimum absolute atomic E-state index is 0.127. The summed E-state index contributed by atoms with van der Waals surface area (Å²) in [4.78, 5) is 14.0. The zero-order chi connectivity index (χ0) is 21.8. The molecule has 4 aromatic rings. The minimum atomic E-state index is -0.928. The Balaban J connectivity index is 1.53. The second kappa shape index (κ2) is 9.65. The number of hydrogen-bond donors (Lipinski definition) is 0. The Bertz CT molecular complexity index is 985. The van der Waals surface area contributed by atoms with Crippen molar-refractivity contribution in [3.63, 3.8) is 0 Å². The van der Waals surface area contributed by atoms with Gasteiger partial charge in [-0.3, -0.25) is 9.34 Å². The van der Waals surface area contributed by atoms with Crippen LogP contribution in [0.5, 0.6) is 0 Å². The van der Waals surface area contributed by atoms with Gasteiger partial charge in [-0.25, -0.2) is 4.79 Å². The van der Waals surface area contributed by atoms with Gasteiger partial charge in [0, 0.05) is 34.3 Å². The Morgan fingerprint density at radius 3 is 0.938 bits per heavy atom. The van der Waals surface area contributed by atoms with Crippen molar-refractivity contribution < 1.29 is 4.79 Å². The molecule has 2 amide bonds. The van der Waals surface area contributed by atoms with Crippen molar-refractivity contribution in [3.05, 3.63) is 121 Å². The van der Waals surface area contributed by atoms with Gasteiger partial charge in [0.15, 0.2) is 0 Å². The number of carbonyl (C=O) groups is 1. The third-order valence-corrected chi connectivity index (χ3v) is 10.3. The lowest BCUT2D eigenvalue weighted by atomic mass is 10.4. The fourth-order valence-electron chi connectivity index (χ4n) is 4.02. The molecule has 32 heavy (non-hydrogen) atoms. The number of carbonyl (C=O) groups excluding carboxylic acids is 1. The summed E-state index contributed by atoms with van der Waals surface area (Å²) in [5, 5.41) is 4.81. The lowest BCUT2D eigenvalue weighted by Gasteiger charge is -2.31. The second-order valence-corrected chi connectivity index (χ2v) is 11.8. The molecule has 0 spiro atoms. The van der Waals surface area contributed by atoms with Gasteiger partial charge < -0.3 is 0 Å². The van der Waals surface area contributed by atoms with Crippen LogP contribution in [0.2, 0.25) is 0 Å². The highest BCUT2D eigenvalue weighted by Crippen LogP contribution is 2.47. The summed E-state index contributed by atoms with van der Waals surface area (Å²) in [5.41, 5.74) is 0. The van der Waals surface area contributed by atoms with Crippen molar-refractivity contribution in [2.45, 2.75) is 0 Å². The Kier molecular flexibility index (Phi) is 6.30. The molecule has 1 fully saturated rings.